The summed E-state index contributed by atoms with van der Waals surface area (Å²) >= 11 is 6.35. The van der Waals surface area contributed by atoms with E-state index in [1.165, 1.54) is 4.90 Å². The van der Waals surface area contributed by atoms with E-state index in [9.17, 15) is 19.2 Å². The molecule has 0 spiro atoms. The molecular weight excluding hydrogens is 466 g/mol. The van der Waals surface area contributed by atoms with Crippen molar-refractivity contribution < 1.29 is 19.2 Å². The topological polar surface area (TPSA) is 86.8 Å². The van der Waals surface area contributed by atoms with Gasteiger partial charge in [0.15, 0.2) is 0 Å². The Labute approximate surface area is 211 Å². The van der Waals surface area contributed by atoms with Gasteiger partial charge >= 0.3 is 0 Å². The number of hydrogen-bond acceptors (Lipinski definition) is 4. The second-order valence-corrected chi connectivity index (χ2v) is 10.1. The zero-order valence-corrected chi connectivity index (χ0v) is 21.4. The van der Waals surface area contributed by atoms with Gasteiger partial charge in [-0.3, -0.25) is 24.1 Å². The number of rotatable bonds is 9. The van der Waals surface area contributed by atoms with E-state index in [2.05, 4.69) is 5.32 Å². The van der Waals surface area contributed by atoms with E-state index in [4.69, 9.17) is 11.6 Å². The lowest BCUT2D eigenvalue weighted by atomic mass is 10.0. The summed E-state index contributed by atoms with van der Waals surface area (Å²) in [5, 5.41) is 3.48. The zero-order valence-electron chi connectivity index (χ0n) is 20.6. The quantitative estimate of drug-likeness (QED) is 0.519. The van der Waals surface area contributed by atoms with E-state index in [1.807, 2.05) is 45.9 Å². The molecule has 0 saturated heterocycles. The molecule has 0 radical (unpaired) electrons. The minimum Gasteiger partial charge on any atom is -0.350 e. The maximum atomic E-state index is 13.4. The molecule has 8 heteroatoms. The van der Waals surface area contributed by atoms with Gasteiger partial charge in [-0.05, 0) is 57.4 Å². The summed E-state index contributed by atoms with van der Waals surface area (Å²) in [7, 11) is 0. The Hall–Kier alpha value is -3.19. The molecule has 35 heavy (non-hydrogen) atoms. The second kappa shape index (κ2) is 11.0. The van der Waals surface area contributed by atoms with Gasteiger partial charge in [0.2, 0.25) is 11.8 Å². The van der Waals surface area contributed by atoms with Gasteiger partial charge in [0.25, 0.3) is 11.8 Å². The molecule has 0 bridgehead atoms. The normalized spacial score (nSPS) is 14.0. The van der Waals surface area contributed by atoms with Gasteiger partial charge in [-0.1, -0.05) is 48.9 Å². The number of halogens is 1. The summed E-state index contributed by atoms with van der Waals surface area (Å²) in [4.78, 5) is 54.4. The Morgan fingerprint density at radius 3 is 2.11 bits per heavy atom. The van der Waals surface area contributed by atoms with E-state index in [0.717, 1.165) is 5.56 Å². The summed E-state index contributed by atoms with van der Waals surface area (Å²) in [5.41, 5.74) is 1.06. The molecule has 0 saturated carbocycles. The van der Waals surface area contributed by atoms with E-state index in [1.54, 1.807) is 35.2 Å². The Morgan fingerprint density at radius 1 is 1.00 bits per heavy atom. The van der Waals surface area contributed by atoms with Crippen molar-refractivity contribution >= 4 is 35.2 Å². The fourth-order valence-corrected chi connectivity index (χ4v) is 4.35. The lowest BCUT2D eigenvalue weighted by Gasteiger charge is -2.33. The van der Waals surface area contributed by atoms with Crippen LogP contribution >= 0.6 is 11.6 Å². The number of nitrogens with zero attached hydrogens (tertiary/aromatic N) is 2. The first kappa shape index (κ1) is 26.4. The van der Waals surface area contributed by atoms with Crippen LogP contribution in [-0.2, 0) is 16.1 Å². The summed E-state index contributed by atoms with van der Waals surface area (Å²) in [5.74, 6) is -1.16. The average molecular weight is 498 g/mol. The van der Waals surface area contributed by atoms with Crippen LogP contribution in [0, 0.1) is 0 Å². The fraction of sp³-hybridized carbons (Fsp3) is 0.407. The van der Waals surface area contributed by atoms with Gasteiger partial charge in [-0.25, -0.2) is 0 Å². The first-order valence-corrected chi connectivity index (χ1v) is 12.2. The van der Waals surface area contributed by atoms with Crippen LogP contribution in [0.1, 0.15) is 73.2 Å². The van der Waals surface area contributed by atoms with Crippen molar-refractivity contribution in [3.8, 4) is 0 Å². The standard InChI is InChI=1S/C27H32ClN3O4/c1-5-22(24(33)29-27(2,3)4)31(17-18-11-6-9-14-21(18)28)23(32)15-10-16-30-25(34)19-12-7-8-13-20(19)26(30)35/h6-9,11-14,22H,5,10,15-17H2,1-4H3,(H,29,33)/t22-/m0/s1. The number of amides is 4. The molecule has 186 valence electrons. The molecule has 1 atom stereocenters. The van der Waals surface area contributed by atoms with E-state index in [0.29, 0.717) is 29.0 Å². The third-order valence-electron chi connectivity index (χ3n) is 5.83. The van der Waals surface area contributed by atoms with Crippen LogP contribution in [-0.4, -0.2) is 51.6 Å². The van der Waals surface area contributed by atoms with Crippen molar-refractivity contribution in [2.24, 2.45) is 0 Å². The molecular formula is C27H32ClN3O4. The van der Waals surface area contributed by atoms with Crippen molar-refractivity contribution in [2.75, 3.05) is 6.54 Å². The Balaban J connectivity index is 1.74. The Kier molecular flexibility index (Phi) is 8.33. The summed E-state index contributed by atoms with van der Waals surface area (Å²) in [6, 6.07) is 13.2. The van der Waals surface area contributed by atoms with Crippen LogP contribution in [0.4, 0.5) is 0 Å². The van der Waals surface area contributed by atoms with Gasteiger partial charge in [0.05, 0.1) is 11.1 Å². The number of benzene rings is 2. The molecule has 7 nitrogen and oxygen atoms in total. The summed E-state index contributed by atoms with van der Waals surface area (Å²) in [6.45, 7) is 7.84. The van der Waals surface area contributed by atoms with Crippen LogP contribution in [0.3, 0.4) is 0 Å². The minimum atomic E-state index is -0.683. The number of hydrogen-bond donors (Lipinski definition) is 1. The monoisotopic (exact) mass is 497 g/mol. The third-order valence-corrected chi connectivity index (χ3v) is 6.20. The number of imide groups is 1. The second-order valence-electron chi connectivity index (χ2n) is 9.69. The van der Waals surface area contributed by atoms with Crippen molar-refractivity contribution in [2.45, 2.75) is 65.1 Å². The molecule has 0 aliphatic carbocycles. The van der Waals surface area contributed by atoms with Crippen molar-refractivity contribution in [1.29, 1.82) is 0 Å². The van der Waals surface area contributed by atoms with Crippen LogP contribution in [0.2, 0.25) is 5.02 Å². The molecule has 1 N–H and O–H groups in total. The van der Waals surface area contributed by atoms with E-state index in [-0.39, 0.29) is 43.1 Å². The molecule has 0 aromatic heterocycles. The highest BCUT2D eigenvalue weighted by atomic mass is 35.5. The lowest BCUT2D eigenvalue weighted by Crippen LogP contribution is -2.53. The third kappa shape index (κ3) is 6.28. The van der Waals surface area contributed by atoms with E-state index < -0.39 is 11.6 Å². The Bertz CT molecular complexity index is 1090. The van der Waals surface area contributed by atoms with Crippen LogP contribution in [0.25, 0.3) is 0 Å². The van der Waals surface area contributed by atoms with Gasteiger partial charge in [-0.2, -0.15) is 0 Å². The number of carbonyl (C=O) groups excluding carboxylic acids is 4. The van der Waals surface area contributed by atoms with Gasteiger partial charge in [-0.15, -0.1) is 0 Å². The summed E-state index contributed by atoms with van der Waals surface area (Å²) in [6.07, 6.45) is 0.800. The first-order valence-electron chi connectivity index (χ1n) is 11.8. The summed E-state index contributed by atoms with van der Waals surface area (Å²) < 4.78 is 0. The molecule has 1 heterocycles. The van der Waals surface area contributed by atoms with Gasteiger partial charge in [0, 0.05) is 30.1 Å². The van der Waals surface area contributed by atoms with Gasteiger partial charge < -0.3 is 10.2 Å². The predicted molar refractivity (Wildman–Crippen MR) is 135 cm³/mol. The lowest BCUT2D eigenvalue weighted by molar-refractivity contribution is -0.142. The SMILES string of the molecule is CC[C@@H](C(=O)NC(C)(C)C)N(Cc1ccccc1Cl)C(=O)CCCN1C(=O)c2ccccc2C1=O. The number of carbonyl (C=O) groups is 4. The van der Waals surface area contributed by atoms with Crippen molar-refractivity contribution in [3.05, 3.63) is 70.2 Å². The highest BCUT2D eigenvalue weighted by Gasteiger charge is 2.35. The molecule has 1 aliphatic heterocycles. The Morgan fingerprint density at radius 2 is 1.57 bits per heavy atom. The fourth-order valence-electron chi connectivity index (χ4n) is 4.16. The number of nitrogens with one attached hydrogen (secondary N) is 1. The van der Waals surface area contributed by atoms with Gasteiger partial charge in [0.1, 0.15) is 6.04 Å². The predicted octanol–water partition coefficient (Wildman–Crippen LogP) is 4.44. The van der Waals surface area contributed by atoms with Crippen LogP contribution in [0.5, 0.6) is 0 Å². The molecule has 1 aliphatic rings. The maximum absolute atomic E-state index is 13.4. The molecule has 3 rings (SSSR count). The minimum absolute atomic E-state index is 0.0805. The highest BCUT2D eigenvalue weighted by Crippen LogP contribution is 2.24. The first-order chi connectivity index (χ1) is 16.5. The molecule has 4 amide bonds. The zero-order chi connectivity index (χ0) is 25.8. The molecule has 2 aromatic carbocycles. The van der Waals surface area contributed by atoms with E-state index >= 15 is 0 Å². The highest BCUT2D eigenvalue weighted by molar-refractivity contribution is 6.31. The molecule has 0 unspecified atom stereocenters. The average Bonchev–Trinajstić information content (AvgIpc) is 3.04. The smallest absolute Gasteiger partial charge is 0.261 e. The van der Waals surface area contributed by atoms with Crippen LogP contribution in [0.15, 0.2) is 48.5 Å². The molecule has 0 fully saturated rings. The molecule has 2 aromatic rings. The van der Waals surface area contributed by atoms with Crippen molar-refractivity contribution in [3.63, 3.8) is 0 Å². The largest absolute Gasteiger partial charge is 0.350 e. The number of fused-ring (bicyclic) bond motifs is 1. The van der Waals surface area contributed by atoms with Crippen LogP contribution < -0.4 is 5.32 Å². The van der Waals surface area contributed by atoms with Crippen molar-refractivity contribution in [1.82, 2.24) is 15.1 Å². The maximum Gasteiger partial charge on any atom is 0.261 e.